The van der Waals surface area contributed by atoms with Gasteiger partial charge in [0.15, 0.2) is 0 Å². The molecule has 2 aliphatic heterocycles. The number of nitrogens with zero attached hydrogens (tertiary/aromatic N) is 4. The first-order chi connectivity index (χ1) is 28.2. The molecule has 0 radical (unpaired) electrons. The van der Waals surface area contributed by atoms with Crippen LogP contribution in [0.3, 0.4) is 0 Å². The van der Waals surface area contributed by atoms with E-state index in [1.807, 2.05) is 36.9 Å². The van der Waals surface area contributed by atoms with E-state index in [2.05, 4.69) is 62.5 Å². The van der Waals surface area contributed by atoms with Crippen LogP contribution in [-0.4, -0.2) is 92.9 Å². The highest BCUT2D eigenvalue weighted by Gasteiger charge is 2.41. The summed E-state index contributed by atoms with van der Waals surface area (Å²) in [7, 11) is 1.29. The van der Waals surface area contributed by atoms with Gasteiger partial charge in [0.1, 0.15) is 23.3 Å². The van der Waals surface area contributed by atoms with Crippen LogP contribution in [0.2, 0.25) is 0 Å². The molecule has 6 aromatic rings. The van der Waals surface area contributed by atoms with E-state index in [4.69, 9.17) is 19.4 Å². The van der Waals surface area contributed by atoms with Gasteiger partial charge < -0.3 is 34.4 Å². The Bertz CT molecular complexity index is 2560. The van der Waals surface area contributed by atoms with Crippen molar-refractivity contribution < 1.29 is 37.4 Å². The van der Waals surface area contributed by atoms with Crippen LogP contribution in [0.5, 0.6) is 0 Å². The Morgan fingerprint density at radius 1 is 0.864 bits per heavy atom. The predicted molar refractivity (Wildman–Crippen MR) is 220 cm³/mol. The molecule has 0 unspecified atom stereocenters. The molecule has 2 aliphatic rings. The number of ether oxygens (including phenoxy) is 3. The molecule has 13 nitrogen and oxygen atoms in total. The molecule has 4 heterocycles. The number of amides is 3. The monoisotopic (exact) mass is 809 g/mol. The van der Waals surface area contributed by atoms with Gasteiger partial charge in [-0.25, -0.2) is 19.6 Å². The van der Waals surface area contributed by atoms with Crippen LogP contribution in [-0.2, 0) is 19.0 Å². The third-order valence-corrected chi connectivity index (χ3v) is 11.3. The number of rotatable bonds is 9. The lowest BCUT2D eigenvalue weighted by Gasteiger charge is -2.29. The van der Waals surface area contributed by atoms with Gasteiger partial charge in [-0.15, -0.1) is 0 Å². The number of alkyl halides is 2. The van der Waals surface area contributed by atoms with E-state index in [-0.39, 0.29) is 36.9 Å². The fourth-order valence-corrected chi connectivity index (χ4v) is 8.56. The molecule has 310 valence electrons. The number of carbonyl (C=O) groups excluding carboxylic acids is 3. The Morgan fingerprint density at radius 3 is 2.00 bits per heavy atom. The number of H-pyrrole nitrogens is 2. The minimum Gasteiger partial charge on any atom is -0.453 e. The molecule has 0 bridgehead atoms. The van der Waals surface area contributed by atoms with Crippen LogP contribution in [0.25, 0.3) is 54.7 Å². The number of benzene rings is 4. The topological polar surface area (TPSA) is 155 Å². The third-order valence-electron chi connectivity index (χ3n) is 11.3. The smallest absolute Gasteiger partial charge is 0.410 e. The molecule has 0 aliphatic carbocycles. The largest absolute Gasteiger partial charge is 0.453 e. The fraction of sp³-hybridized carbons (Fsp3) is 0.432. The normalized spacial score (nSPS) is 19.2. The minimum absolute atomic E-state index is 0.126. The number of alkyl carbamates (subject to hydrolysis) is 1. The van der Waals surface area contributed by atoms with Gasteiger partial charge in [0, 0.05) is 29.8 Å². The van der Waals surface area contributed by atoms with Crippen LogP contribution in [0.15, 0.2) is 60.7 Å². The van der Waals surface area contributed by atoms with Crippen molar-refractivity contribution in [1.29, 1.82) is 0 Å². The van der Waals surface area contributed by atoms with E-state index in [1.54, 1.807) is 25.7 Å². The fourth-order valence-electron chi connectivity index (χ4n) is 8.56. The van der Waals surface area contributed by atoms with Gasteiger partial charge in [0.25, 0.3) is 0 Å². The van der Waals surface area contributed by atoms with E-state index in [9.17, 15) is 23.2 Å². The van der Waals surface area contributed by atoms with Gasteiger partial charge in [-0.1, -0.05) is 50.2 Å². The predicted octanol–water partition coefficient (Wildman–Crippen LogP) is 8.99. The average Bonchev–Trinajstić information content (AvgIpc) is 4.02. The Labute approximate surface area is 339 Å². The lowest BCUT2D eigenvalue weighted by molar-refractivity contribution is -0.137. The molecule has 15 heteroatoms. The van der Waals surface area contributed by atoms with Gasteiger partial charge in [-0.05, 0) is 92.1 Å². The zero-order chi connectivity index (χ0) is 41.7. The first-order valence-corrected chi connectivity index (χ1v) is 20.1. The second kappa shape index (κ2) is 15.7. The Morgan fingerprint density at radius 2 is 1.46 bits per heavy atom. The number of imidazole rings is 2. The van der Waals surface area contributed by atoms with Gasteiger partial charge in [-0.2, -0.15) is 8.78 Å². The number of hydrogen-bond donors (Lipinski definition) is 3. The van der Waals surface area contributed by atoms with Gasteiger partial charge in [-0.3, -0.25) is 9.69 Å². The summed E-state index contributed by atoms with van der Waals surface area (Å²) in [5, 5.41) is 6.70. The number of carbonyl (C=O) groups is 3. The SMILES string of the molecule is COC(=O)N[C@H](C(=O)N1CCC[C@H]1c1nc2ccc3cc(-c4ccc5c(ccc6nc([C@@H]7C[C@H](COC(F)F)CN7C(=O)OC(C)(C)C)[nH]c65)c4)ccc3c2[nH]1)C(C)C. The first-order valence-electron chi connectivity index (χ1n) is 20.1. The second-order valence-electron chi connectivity index (χ2n) is 16.9. The Hall–Kier alpha value is -5.83. The summed E-state index contributed by atoms with van der Waals surface area (Å²) in [4.78, 5) is 59.2. The van der Waals surface area contributed by atoms with Crippen molar-refractivity contribution >= 4 is 61.7 Å². The number of aromatic amines is 2. The molecule has 3 N–H and O–H groups in total. The number of methoxy groups -OCH3 is 1. The van der Waals surface area contributed by atoms with Crippen molar-refractivity contribution in [3.05, 3.63) is 72.3 Å². The highest BCUT2D eigenvalue weighted by molar-refractivity contribution is 6.07. The van der Waals surface area contributed by atoms with Crippen LogP contribution >= 0.6 is 0 Å². The maximum atomic E-state index is 13.7. The molecule has 59 heavy (non-hydrogen) atoms. The summed E-state index contributed by atoms with van der Waals surface area (Å²) < 4.78 is 40.9. The molecule has 4 atom stereocenters. The molecule has 3 amide bonds. The zero-order valence-corrected chi connectivity index (χ0v) is 34.0. The summed E-state index contributed by atoms with van der Waals surface area (Å²) in [5.74, 6) is 0.693. The van der Waals surface area contributed by atoms with Crippen molar-refractivity contribution in [1.82, 2.24) is 35.1 Å². The van der Waals surface area contributed by atoms with Gasteiger partial charge >= 0.3 is 18.8 Å². The van der Waals surface area contributed by atoms with E-state index in [0.717, 1.165) is 73.4 Å². The zero-order valence-electron chi connectivity index (χ0n) is 34.0. The third kappa shape index (κ3) is 7.99. The maximum absolute atomic E-state index is 13.7. The minimum atomic E-state index is -2.89. The molecule has 2 saturated heterocycles. The number of hydrogen-bond acceptors (Lipinski definition) is 8. The van der Waals surface area contributed by atoms with Crippen molar-refractivity contribution in [3.63, 3.8) is 0 Å². The molecule has 0 spiro atoms. The van der Waals surface area contributed by atoms with Crippen molar-refractivity contribution in [2.75, 3.05) is 26.8 Å². The van der Waals surface area contributed by atoms with Crippen LogP contribution in [0.1, 0.15) is 77.6 Å². The summed E-state index contributed by atoms with van der Waals surface area (Å²) >= 11 is 0. The van der Waals surface area contributed by atoms with Crippen molar-refractivity contribution in [2.24, 2.45) is 11.8 Å². The number of fused-ring (bicyclic) bond motifs is 6. The summed E-state index contributed by atoms with van der Waals surface area (Å²) in [5.41, 5.74) is 4.58. The van der Waals surface area contributed by atoms with Gasteiger partial charge in [0.2, 0.25) is 5.91 Å². The summed E-state index contributed by atoms with van der Waals surface area (Å²) in [6.07, 6.45) is 0.822. The van der Waals surface area contributed by atoms with Crippen LogP contribution < -0.4 is 5.32 Å². The van der Waals surface area contributed by atoms with Crippen molar-refractivity contribution in [2.45, 2.75) is 84.2 Å². The number of halogens is 2. The highest BCUT2D eigenvalue weighted by Crippen LogP contribution is 2.39. The van der Waals surface area contributed by atoms with E-state index in [1.165, 1.54) is 7.11 Å². The van der Waals surface area contributed by atoms with E-state index in [0.29, 0.717) is 18.8 Å². The lowest BCUT2D eigenvalue weighted by atomic mass is 9.98. The number of likely N-dealkylation sites (tertiary alicyclic amines) is 2. The Balaban J connectivity index is 1.06. The number of aromatic nitrogens is 4. The molecule has 4 aromatic carbocycles. The highest BCUT2D eigenvalue weighted by atomic mass is 19.3. The summed E-state index contributed by atoms with van der Waals surface area (Å²) in [6, 6.07) is 19.2. The number of nitrogens with one attached hydrogen (secondary N) is 3. The maximum Gasteiger partial charge on any atom is 0.410 e. The van der Waals surface area contributed by atoms with Crippen LogP contribution in [0.4, 0.5) is 18.4 Å². The second-order valence-corrected chi connectivity index (χ2v) is 16.9. The quantitative estimate of drug-likeness (QED) is 0.131. The first kappa shape index (κ1) is 40.0. The molecule has 8 rings (SSSR count). The van der Waals surface area contributed by atoms with Crippen molar-refractivity contribution in [3.8, 4) is 11.1 Å². The molecular weight excluding hydrogens is 761 g/mol. The molecule has 0 saturated carbocycles. The van der Waals surface area contributed by atoms with Gasteiger partial charge in [0.05, 0.1) is 47.9 Å². The lowest BCUT2D eigenvalue weighted by Crippen LogP contribution is -2.51. The standard InChI is InChI=1S/C44H49F2N7O6/c1-23(2)35(51-42(55)57-6)40(54)52-17-7-8-33(52)38-47-31-15-11-27-19-25(9-13-29(27)36(31)49-38)26-10-14-30-28(20-26)12-16-32-37(30)50-39(48-32)34-18-24(22-58-41(45)46)21-53(34)43(56)59-44(3,4)5/h9-16,19-20,23-24,33-35,41H,7-8,17-18,21-22H2,1-6H3,(H,47,49)(H,48,50)(H,51,55)/t24-,33-,34-,35-/m0/s1. The Kier molecular flexibility index (Phi) is 10.7. The molecule has 2 aromatic heterocycles. The van der Waals surface area contributed by atoms with Crippen LogP contribution in [0, 0.1) is 11.8 Å². The molecular formula is C44H49F2N7O6. The summed E-state index contributed by atoms with van der Waals surface area (Å²) in [6.45, 7) is 6.87. The molecule has 2 fully saturated rings. The average molecular weight is 810 g/mol. The van der Waals surface area contributed by atoms with E-state index < -0.39 is 36.5 Å². The van der Waals surface area contributed by atoms with E-state index >= 15 is 0 Å².